The summed E-state index contributed by atoms with van der Waals surface area (Å²) in [5.74, 6) is 0.157. The van der Waals surface area contributed by atoms with Crippen molar-refractivity contribution in [3.63, 3.8) is 0 Å². The number of imide groups is 1. The summed E-state index contributed by atoms with van der Waals surface area (Å²) in [4.78, 5) is 38.9. The van der Waals surface area contributed by atoms with Gasteiger partial charge in [-0.25, -0.2) is 0 Å². The maximum absolute atomic E-state index is 12.9. The third-order valence-electron chi connectivity index (χ3n) is 5.23. The zero-order valence-electron chi connectivity index (χ0n) is 19.6. The van der Waals surface area contributed by atoms with Crippen molar-refractivity contribution < 1.29 is 23.9 Å². The molecule has 0 unspecified atom stereocenters. The molecule has 1 aliphatic heterocycles. The third kappa shape index (κ3) is 6.92. The van der Waals surface area contributed by atoms with E-state index in [9.17, 15) is 14.4 Å². The molecular weight excluding hydrogens is 683 g/mol. The highest BCUT2D eigenvalue weighted by atomic mass is 79.9. The van der Waals surface area contributed by atoms with E-state index in [0.717, 1.165) is 22.2 Å². The number of rotatable bonds is 8. The second-order valence-corrected chi connectivity index (χ2v) is 11.4. The van der Waals surface area contributed by atoms with Gasteiger partial charge in [0.25, 0.3) is 11.1 Å². The number of hydrogen-bond donors (Lipinski definition) is 1. The van der Waals surface area contributed by atoms with Gasteiger partial charge in [-0.3, -0.25) is 19.3 Å². The van der Waals surface area contributed by atoms with E-state index in [1.807, 2.05) is 6.07 Å². The van der Waals surface area contributed by atoms with Gasteiger partial charge in [-0.1, -0.05) is 29.3 Å². The summed E-state index contributed by atoms with van der Waals surface area (Å²) in [6.45, 7) is -0.145. The number of hydrogen-bond acceptors (Lipinski definition) is 6. The van der Waals surface area contributed by atoms with Gasteiger partial charge in [0.1, 0.15) is 24.7 Å². The number of nitrogens with zero attached hydrogens (tertiary/aromatic N) is 1. The van der Waals surface area contributed by atoms with Crippen LogP contribution in [-0.2, 0) is 16.2 Å². The molecule has 0 aliphatic carbocycles. The van der Waals surface area contributed by atoms with E-state index in [2.05, 4.69) is 37.2 Å². The molecule has 1 N–H and O–H groups in total. The minimum atomic E-state index is -0.544. The van der Waals surface area contributed by atoms with E-state index in [1.54, 1.807) is 61.7 Å². The molecule has 3 aromatic carbocycles. The predicted molar refractivity (Wildman–Crippen MR) is 157 cm³/mol. The van der Waals surface area contributed by atoms with Crippen LogP contribution in [0, 0.1) is 0 Å². The van der Waals surface area contributed by atoms with Crippen LogP contribution in [0.4, 0.5) is 10.5 Å². The largest absolute Gasteiger partial charge is 0.497 e. The van der Waals surface area contributed by atoms with Crippen LogP contribution in [0.1, 0.15) is 11.1 Å². The van der Waals surface area contributed by atoms with Gasteiger partial charge in [0.2, 0.25) is 5.91 Å². The number of carbonyl (C=O) groups excluding carboxylic acids is 3. The van der Waals surface area contributed by atoms with Gasteiger partial charge in [0.15, 0.2) is 0 Å². The first-order chi connectivity index (χ1) is 18.1. The number of halogens is 4. The number of ether oxygens (including phenoxy) is 2. The van der Waals surface area contributed by atoms with E-state index >= 15 is 0 Å². The summed E-state index contributed by atoms with van der Waals surface area (Å²) in [6, 6.07) is 15.5. The van der Waals surface area contributed by atoms with Crippen LogP contribution in [0.15, 0.2) is 68.4 Å². The minimum Gasteiger partial charge on any atom is -0.497 e. The van der Waals surface area contributed by atoms with E-state index in [1.165, 1.54) is 0 Å². The van der Waals surface area contributed by atoms with Crippen LogP contribution >= 0.6 is 66.8 Å². The van der Waals surface area contributed by atoms with Gasteiger partial charge in [-0.05, 0) is 109 Å². The van der Waals surface area contributed by atoms with Gasteiger partial charge < -0.3 is 14.8 Å². The van der Waals surface area contributed by atoms with E-state index < -0.39 is 23.6 Å². The molecule has 1 heterocycles. The fourth-order valence-electron chi connectivity index (χ4n) is 3.39. The van der Waals surface area contributed by atoms with E-state index in [0.29, 0.717) is 41.7 Å². The van der Waals surface area contributed by atoms with Crippen molar-refractivity contribution in [2.75, 3.05) is 19.0 Å². The summed E-state index contributed by atoms with van der Waals surface area (Å²) in [5, 5.41) is 3.05. The molecule has 0 aromatic heterocycles. The topological polar surface area (TPSA) is 84.9 Å². The lowest BCUT2D eigenvalue weighted by atomic mass is 10.2. The molecule has 1 aliphatic rings. The second-order valence-electron chi connectivity index (χ2n) is 7.90. The molecule has 4 rings (SSSR count). The average molecular weight is 701 g/mol. The maximum Gasteiger partial charge on any atom is 0.294 e. The predicted octanol–water partition coefficient (Wildman–Crippen LogP) is 7.78. The highest BCUT2D eigenvalue weighted by molar-refractivity contribution is 9.11. The van der Waals surface area contributed by atoms with Crippen molar-refractivity contribution in [3.8, 4) is 11.5 Å². The Labute approximate surface area is 249 Å². The molecule has 38 heavy (non-hydrogen) atoms. The SMILES string of the molecule is COc1ccc(NC(=O)CN2C(=O)S/C(=C/c3cc(Br)c(OCc4ccc(Cl)c(Cl)c4)c(Br)c3)C2=O)cc1. The Morgan fingerprint density at radius 2 is 1.71 bits per heavy atom. The van der Waals surface area contributed by atoms with Gasteiger partial charge in [-0.2, -0.15) is 0 Å². The monoisotopic (exact) mass is 698 g/mol. The van der Waals surface area contributed by atoms with Crippen LogP contribution in [0.5, 0.6) is 11.5 Å². The summed E-state index contributed by atoms with van der Waals surface area (Å²) in [6.07, 6.45) is 1.59. The summed E-state index contributed by atoms with van der Waals surface area (Å²) in [7, 11) is 1.54. The summed E-state index contributed by atoms with van der Waals surface area (Å²) in [5.41, 5.74) is 2.01. The third-order valence-corrected chi connectivity index (χ3v) is 8.06. The van der Waals surface area contributed by atoms with Crippen molar-refractivity contribution >= 4 is 95.6 Å². The molecule has 0 atom stereocenters. The quantitative estimate of drug-likeness (QED) is 0.242. The molecule has 0 radical (unpaired) electrons. The normalized spacial score (nSPS) is 14.2. The number of carbonyl (C=O) groups is 3. The number of nitrogens with one attached hydrogen (secondary N) is 1. The van der Waals surface area contributed by atoms with E-state index in [-0.39, 0.29) is 11.5 Å². The highest BCUT2D eigenvalue weighted by Gasteiger charge is 2.36. The van der Waals surface area contributed by atoms with Gasteiger partial charge in [0, 0.05) is 5.69 Å². The number of anilines is 1. The molecule has 3 aromatic rings. The fraction of sp³-hybridized carbons (Fsp3) is 0.115. The lowest BCUT2D eigenvalue weighted by molar-refractivity contribution is -0.127. The van der Waals surface area contributed by atoms with Crippen LogP contribution in [0.2, 0.25) is 10.0 Å². The van der Waals surface area contributed by atoms with E-state index in [4.69, 9.17) is 32.7 Å². The number of thioether (sulfide) groups is 1. The molecule has 0 spiro atoms. The number of benzene rings is 3. The van der Waals surface area contributed by atoms with Crippen LogP contribution < -0.4 is 14.8 Å². The molecule has 3 amide bonds. The van der Waals surface area contributed by atoms with Crippen LogP contribution in [0.3, 0.4) is 0 Å². The summed E-state index contributed by atoms with van der Waals surface area (Å²) < 4.78 is 12.3. The Balaban J connectivity index is 1.42. The van der Waals surface area contributed by atoms with Crippen molar-refractivity contribution in [1.29, 1.82) is 0 Å². The highest BCUT2D eigenvalue weighted by Crippen LogP contribution is 2.38. The van der Waals surface area contributed by atoms with Crippen molar-refractivity contribution in [1.82, 2.24) is 4.90 Å². The molecule has 7 nitrogen and oxygen atoms in total. The fourth-order valence-corrected chi connectivity index (χ4v) is 6.00. The molecule has 0 bridgehead atoms. The molecule has 196 valence electrons. The standard InChI is InChI=1S/C26H18Br2Cl2N2O5S/c1-36-17-5-3-16(4-6-17)31-23(33)12-32-25(34)22(38-26(32)35)11-15-8-18(27)24(19(28)9-15)37-13-14-2-7-20(29)21(30)10-14/h2-11H,12-13H2,1H3,(H,31,33)/b22-11+. The first-order valence-electron chi connectivity index (χ1n) is 10.9. The zero-order chi connectivity index (χ0) is 27.4. The van der Waals surface area contributed by atoms with Crippen molar-refractivity contribution in [2.45, 2.75) is 6.61 Å². The number of amides is 3. The van der Waals surface area contributed by atoms with Crippen LogP contribution in [-0.4, -0.2) is 35.6 Å². The second kappa shape index (κ2) is 12.6. The smallest absolute Gasteiger partial charge is 0.294 e. The Hall–Kier alpha value is -2.50. The van der Waals surface area contributed by atoms with Crippen LogP contribution in [0.25, 0.3) is 6.08 Å². The van der Waals surface area contributed by atoms with Gasteiger partial charge in [-0.15, -0.1) is 0 Å². The molecule has 0 saturated carbocycles. The first-order valence-corrected chi connectivity index (χ1v) is 14.1. The average Bonchev–Trinajstić information content (AvgIpc) is 3.13. The van der Waals surface area contributed by atoms with Gasteiger partial charge in [0.05, 0.1) is 31.0 Å². The molecule has 1 fully saturated rings. The summed E-state index contributed by atoms with van der Waals surface area (Å²) >= 11 is 19.8. The van der Waals surface area contributed by atoms with Crippen molar-refractivity contribution in [3.05, 3.63) is 89.6 Å². The maximum atomic E-state index is 12.9. The molecular formula is C26H18Br2Cl2N2O5S. The Bertz CT molecular complexity index is 1430. The first kappa shape index (κ1) is 28.5. The Morgan fingerprint density at radius 3 is 2.34 bits per heavy atom. The Morgan fingerprint density at radius 1 is 1.03 bits per heavy atom. The number of methoxy groups -OCH3 is 1. The zero-order valence-corrected chi connectivity index (χ0v) is 25.1. The van der Waals surface area contributed by atoms with Crippen molar-refractivity contribution in [2.24, 2.45) is 0 Å². The lowest BCUT2D eigenvalue weighted by Crippen LogP contribution is -2.36. The molecule has 1 saturated heterocycles. The molecule has 12 heteroatoms. The minimum absolute atomic E-state index is 0.204. The lowest BCUT2D eigenvalue weighted by Gasteiger charge is -2.13. The van der Waals surface area contributed by atoms with Gasteiger partial charge >= 0.3 is 0 Å². The Kier molecular flexibility index (Phi) is 9.43.